The first-order valence-corrected chi connectivity index (χ1v) is 6.90. The lowest BCUT2D eigenvalue weighted by atomic mass is 9.84. The molecule has 0 aromatic heterocycles. The molecule has 2 N–H and O–H groups in total. The second-order valence-corrected chi connectivity index (χ2v) is 6.50. The number of hydrogen-bond acceptors (Lipinski definition) is 2. The highest BCUT2D eigenvalue weighted by Gasteiger charge is 2.39. The van der Waals surface area contributed by atoms with E-state index in [1.54, 1.807) is 0 Å². The monoisotopic (exact) mass is 247 g/mol. The molecule has 2 nitrogen and oxygen atoms in total. The van der Waals surface area contributed by atoms with Gasteiger partial charge in [-0.2, -0.15) is 0 Å². The molecule has 100 valence electrons. The SMILES string of the molecule is CC(C)C(CO)NC1c2ccccc2CC1(C)C. The second-order valence-electron chi connectivity index (χ2n) is 6.50. The van der Waals surface area contributed by atoms with Crippen molar-refractivity contribution in [2.45, 2.75) is 46.2 Å². The molecule has 0 spiro atoms. The first-order valence-electron chi connectivity index (χ1n) is 6.90. The van der Waals surface area contributed by atoms with Crippen molar-refractivity contribution in [1.29, 1.82) is 0 Å². The summed E-state index contributed by atoms with van der Waals surface area (Å²) < 4.78 is 0. The Bertz CT molecular complexity index is 411. The summed E-state index contributed by atoms with van der Waals surface area (Å²) in [4.78, 5) is 0. The van der Waals surface area contributed by atoms with Crippen LogP contribution in [-0.4, -0.2) is 17.8 Å². The van der Waals surface area contributed by atoms with Crippen molar-refractivity contribution in [2.75, 3.05) is 6.61 Å². The Morgan fingerprint density at radius 3 is 2.61 bits per heavy atom. The van der Waals surface area contributed by atoms with Gasteiger partial charge in [-0.1, -0.05) is 52.0 Å². The second kappa shape index (κ2) is 5.02. The molecule has 0 radical (unpaired) electrons. The van der Waals surface area contributed by atoms with E-state index in [0.717, 1.165) is 6.42 Å². The Kier molecular flexibility index (Phi) is 3.79. The topological polar surface area (TPSA) is 32.3 Å². The van der Waals surface area contributed by atoms with Gasteiger partial charge in [-0.25, -0.2) is 0 Å². The molecule has 1 aromatic rings. The summed E-state index contributed by atoms with van der Waals surface area (Å²) in [6.45, 7) is 9.12. The van der Waals surface area contributed by atoms with Crippen LogP contribution >= 0.6 is 0 Å². The van der Waals surface area contributed by atoms with E-state index in [9.17, 15) is 5.11 Å². The largest absolute Gasteiger partial charge is 0.395 e. The average Bonchev–Trinajstić information content (AvgIpc) is 2.55. The Morgan fingerprint density at radius 1 is 1.33 bits per heavy atom. The molecule has 0 bridgehead atoms. The Balaban J connectivity index is 2.25. The van der Waals surface area contributed by atoms with Crippen LogP contribution in [0.4, 0.5) is 0 Å². The molecule has 18 heavy (non-hydrogen) atoms. The number of aliphatic hydroxyl groups is 1. The molecule has 1 aliphatic carbocycles. The van der Waals surface area contributed by atoms with Gasteiger partial charge in [-0.15, -0.1) is 0 Å². The molecule has 2 atom stereocenters. The number of benzene rings is 1. The van der Waals surface area contributed by atoms with Crippen LogP contribution in [0.3, 0.4) is 0 Å². The molecule has 0 heterocycles. The van der Waals surface area contributed by atoms with E-state index < -0.39 is 0 Å². The maximum atomic E-state index is 9.51. The number of nitrogens with one attached hydrogen (secondary N) is 1. The molecule has 1 aromatic carbocycles. The van der Waals surface area contributed by atoms with Crippen molar-refractivity contribution >= 4 is 0 Å². The maximum Gasteiger partial charge on any atom is 0.0587 e. The number of aliphatic hydroxyl groups excluding tert-OH is 1. The van der Waals surface area contributed by atoms with Gasteiger partial charge in [0.15, 0.2) is 0 Å². The first-order chi connectivity index (χ1) is 8.45. The van der Waals surface area contributed by atoms with Gasteiger partial charge in [-0.05, 0) is 28.9 Å². The van der Waals surface area contributed by atoms with Crippen molar-refractivity contribution in [3.05, 3.63) is 35.4 Å². The highest BCUT2D eigenvalue weighted by atomic mass is 16.3. The third-order valence-corrected chi connectivity index (χ3v) is 4.18. The summed E-state index contributed by atoms with van der Waals surface area (Å²) in [5.41, 5.74) is 3.06. The minimum Gasteiger partial charge on any atom is -0.395 e. The van der Waals surface area contributed by atoms with Crippen LogP contribution in [-0.2, 0) is 6.42 Å². The zero-order valence-corrected chi connectivity index (χ0v) is 11.9. The fourth-order valence-corrected chi connectivity index (χ4v) is 2.98. The molecular weight excluding hydrogens is 222 g/mol. The van der Waals surface area contributed by atoms with Crippen molar-refractivity contribution in [1.82, 2.24) is 5.32 Å². The van der Waals surface area contributed by atoms with Gasteiger partial charge in [0.25, 0.3) is 0 Å². The van der Waals surface area contributed by atoms with Crippen LogP contribution in [0.25, 0.3) is 0 Å². The van der Waals surface area contributed by atoms with E-state index >= 15 is 0 Å². The van der Waals surface area contributed by atoms with Gasteiger partial charge in [-0.3, -0.25) is 0 Å². The summed E-state index contributed by atoms with van der Waals surface area (Å²) >= 11 is 0. The smallest absolute Gasteiger partial charge is 0.0587 e. The Labute approximate surface area is 110 Å². The molecule has 2 rings (SSSR count). The third-order valence-electron chi connectivity index (χ3n) is 4.18. The van der Waals surface area contributed by atoms with Gasteiger partial charge in [0.05, 0.1) is 6.61 Å². The van der Waals surface area contributed by atoms with E-state index in [0.29, 0.717) is 12.0 Å². The fourth-order valence-electron chi connectivity index (χ4n) is 2.98. The molecule has 2 unspecified atom stereocenters. The lowest BCUT2D eigenvalue weighted by Crippen LogP contribution is -2.43. The zero-order valence-electron chi connectivity index (χ0n) is 11.9. The quantitative estimate of drug-likeness (QED) is 0.857. The van der Waals surface area contributed by atoms with E-state index in [1.807, 2.05) is 0 Å². The summed E-state index contributed by atoms with van der Waals surface area (Å²) in [5.74, 6) is 0.443. The Morgan fingerprint density at radius 2 is 2.00 bits per heavy atom. The summed E-state index contributed by atoms with van der Waals surface area (Å²) in [5, 5.41) is 13.2. The fraction of sp³-hybridized carbons (Fsp3) is 0.625. The summed E-state index contributed by atoms with van der Waals surface area (Å²) in [6.07, 6.45) is 1.11. The zero-order chi connectivity index (χ0) is 13.3. The number of fused-ring (bicyclic) bond motifs is 1. The number of hydrogen-bond donors (Lipinski definition) is 2. The first kappa shape index (κ1) is 13.6. The summed E-state index contributed by atoms with van der Waals surface area (Å²) in [7, 11) is 0. The maximum absolute atomic E-state index is 9.51. The molecular formula is C16H25NO. The van der Waals surface area contributed by atoms with Crippen molar-refractivity contribution in [3.63, 3.8) is 0 Å². The van der Waals surface area contributed by atoms with E-state index in [2.05, 4.69) is 57.3 Å². The highest BCUT2D eigenvalue weighted by molar-refractivity contribution is 5.37. The molecule has 0 amide bonds. The lowest BCUT2D eigenvalue weighted by Gasteiger charge is -2.33. The minimum absolute atomic E-state index is 0.167. The predicted molar refractivity (Wildman–Crippen MR) is 75.5 cm³/mol. The van der Waals surface area contributed by atoms with E-state index in [-0.39, 0.29) is 18.1 Å². The third kappa shape index (κ3) is 2.45. The lowest BCUT2D eigenvalue weighted by molar-refractivity contribution is 0.165. The molecule has 0 fully saturated rings. The molecule has 1 aliphatic rings. The Hall–Kier alpha value is -0.860. The molecule has 0 saturated heterocycles. The van der Waals surface area contributed by atoms with E-state index in [4.69, 9.17) is 0 Å². The predicted octanol–water partition coefficient (Wildman–Crippen LogP) is 2.92. The van der Waals surface area contributed by atoms with Crippen LogP contribution in [0.15, 0.2) is 24.3 Å². The van der Waals surface area contributed by atoms with Crippen LogP contribution in [0.2, 0.25) is 0 Å². The highest BCUT2D eigenvalue weighted by Crippen LogP contribution is 2.45. The van der Waals surface area contributed by atoms with Crippen LogP contribution in [0.5, 0.6) is 0 Å². The average molecular weight is 247 g/mol. The van der Waals surface area contributed by atoms with E-state index in [1.165, 1.54) is 11.1 Å². The van der Waals surface area contributed by atoms with Crippen molar-refractivity contribution in [3.8, 4) is 0 Å². The molecule has 0 saturated carbocycles. The molecule has 0 aliphatic heterocycles. The molecule has 2 heteroatoms. The minimum atomic E-state index is 0.167. The number of rotatable bonds is 4. The van der Waals surface area contributed by atoms with Crippen molar-refractivity contribution < 1.29 is 5.11 Å². The van der Waals surface area contributed by atoms with Crippen LogP contribution in [0, 0.1) is 11.3 Å². The standard InChI is InChI=1S/C16H25NO/c1-11(2)14(10-18)17-15-13-8-6-5-7-12(13)9-16(15,3)4/h5-8,11,14-15,17-18H,9-10H2,1-4H3. The van der Waals surface area contributed by atoms with Gasteiger partial charge >= 0.3 is 0 Å². The van der Waals surface area contributed by atoms with Crippen LogP contribution in [0.1, 0.15) is 44.9 Å². The van der Waals surface area contributed by atoms with Crippen molar-refractivity contribution in [2.24, 2.45) is 11.3 Å². The van der Waals surface area contributed by atoms with Crippen LogP contribution < -0.4 is 5.32 Å². The van der Waals surface area contributed by atoms with Gasteiger partial charge in [0, 0.05) is 12.1 Å². The summed E-state index contributed by atoms with van der Waals surface area (Å²) in [6, 6.07) is 9.17. The van der Waals surface area contributed by atoms with Gasteiger partial charge in [0.2, 0.25) is 0 Å². The van der Waals surface area contributed by atoms with Gasteiger partial charge < -0.3 is 10.4 Å². The van der Waals surface area contributed by atoms with Gasteiger partial charge in [0.1, 0.15) is 0 Å². The normalized spacial score (nSPS) is 23.1.